The highest BCUT2D eigenvalue weighted by atomic mass is 35.5. The fourth-order valence-corrected chi connectivity index (χ4v) is 1.77. The van der Waals surface area contributed by atoms with Gasteiger partial charge < -0.3 is 5.32 Å². The molecule has 1 N–H and O–H groups in total. The number of rotatable bonds is 1. The lowest BCUT2D eigenvalue weighted by Gasteiger charge is -2.28. The van der Waals surface area contributed by atoms with E-state index in [0.717, 1.165) is 28.6 Å². The average molecular weight is 202 g/mol. The van der Waals surface area contributed by atoms with Crippen molar-refractivity contribution in [1.82, 2.24) is 5.32 Å². The van der Waals surface area contributed by atoms with Crippen molar-refractivity contribution in [2.24, 2.45) is 0 Å². The molecule has 0 radical (unpaired) electrons. The van der Waals surface area contributed by atoms with E-state index in [2.05, 4.69) is 5.32 Å². The topological polar surface area (TPSA) is 12.0 Å². The zero-order valence-corrected chi connectivity index (χ0v) is 7.99. The quantitative estimate of drug-likeness (QED) is 0.737. The zero-order valence-electron chi connectivity index (χ0n) is 6.48. The molecular formula is C9H9Cl2N. The van der Waals surface area contributed by atoms with Gasteiger partial charge in [-0.15, -0.1) is 0 Å². The van der Waals surface area contributed by atoms with Gasteiger partial charge >= 0.3 is 0 Å². The van der Waals surface area contributed by atoms with Gasteiger partial charge in [-0.1, -0.05) is 23.2 Å². The lowest BCUT2D eigenvalue weighted by molar-refractivity contribution is 0.383. The Balaban J connectivity index is 2.34. The molecule has 3 heteroatoms. The minimum absolute atomic E-state index is 0.413. The van der Waals surface area contributed by atoms with Crippen LogP contribution in [0.5, 0.6) is 0 Å². The lowest BCUT2D eigenvalue weighted by Crippen LogP contribution is -2.35. The van der Waals surface area contributed by atoms with E-state index in [1.54, 1.807) is 0 Å². The standard InChI is InChI=1S/C9H9Cl2N/c10-6-1-2-8(11)7(5-6)9-3-4-12-9/h1-2,5,9,12H,3-4H2/t9-/m1/s1. The highest BCUT2D eigenvalue weighted by Crippen LogP contribution is 2.31. The molecule has 1 nitrogen and oxygen atoms in total. The molecule has 0 aromatic heterocycles. The first-order valence-electron chi connectivity index (χ1n) is 3.96. The third-order valence-electron chi connectivity index (χ3n) is 2.16. The van der Waals surface area contributed by atoms with Crippen LogP contribution in [0.15, 0.2) is 18.2 Å². The Bertz CT molecular complexity index is 295. The van der Waals surface area contributed by atoms with Gasteiger partial charge in [-0.05, 0) is 36.7 Å². The van der Waals surface area contributed by atoms with Crippen molar-refractivity contribution in [1.29, 1.82) is 0 Å². The summed E-state index contributed by atoms with van der Waals surface area (Å²) in [6, 6.07) is 6.00. The molecule has 0 amide bonds. The van der Waals surface area contributed by atoms with Crippen LogP contribution in [0.2, 0.25) is 10.0 Å². The van der Waals surface area contributed by atoms with Crippen LogP contribution in [0.25, 0.3) is 0 Å². The Morgan fingerprint density at radius 1 is 1.33 bits per heavy atom. The van der Waals surface area contributed by atoms with E-state index in [0.29, 0.717) is 6.04 Å². The van der Waals surface area contributed by atoms with E-state index in [9.17, 15) is 0 Å². The van der Waals surface area contributed by atoms with Crippen LogP contribution in [-0.2, 0) is 0 Å². The molecule has 1 aliphatic rings. The Morgan fingerprint density at radius 2 is 2.08 bits per heavy atom. The smallest absolute Gasteiger partial charge is 0.0454 e. The summed E-state index contributed by atoms with van der Waals surface area (Å²) in [6.45, 7) is 1.08. The molecule has 1 aromatic rings. The number of hydrogen-bond donors (Lipinski definition) is 1. The highest BCUT2D eigenvalue weighted by Gasteiger charge is 2.20. The van der Waals surface area contributed by atoms with E-state index in [4.69, 9.17) is 23.2 Å². The maximum atomic E-state index is 6.01. The van der Waals surface area contributed by atoms with Crippen molar-refractivity contribution < 1.29 is 0 Å². The van der Waals surface area contributed by atoms with Crippen LogP contribution in [0.1, 0.15) is 18.0 Å². The Labute approximate surface area is 81.7 Å². The molecule has 0 aliphatic carbocycles. The SMILES string of the molecule is Clc1ccc(Cl)c([C@H]2CCN2)c1. The van der Waals surface area contributed by atoms with E-state index < -0.39 is 0 Å². The number of halogens is 2. The molecule has 0 spiro atoms. The third-order valence-corrected chi connectivity index (χ3v) is 2.74. The molecule has 1 aliphatic heterocycles. The summed E-state index contributed by atoms with van der Waals surface area (Å²) in [5.41, 5.74) is 1.12. The summed E-state index contributed by atoms with van der Waals surface area (Å²) in [5.74, 6) is 0. The van der Waals surface area contributed by atoms with Gasteiger partial charge in [-0.2, -0.15) is 0 Å². The van der Waals surface area contributed by atoms with E-state index in [1.807, 2.05) is 18.2 Å². The predicted octanol–water partition coefficient (Wildman–Crippen LogP) is 3.03. The van der Waals surface area contributed by atoms with Crippen molar-refractivity contribution >= 4 is 23.2 Å². The Kier molecular flexibility index (Phi) is 2.26. The van der Waals surface area contributed by atoms with Crippen LogP contribution >= 0.6 is 23.2 Å². The molecule has 64 valence electrons. The maximum Gasteiger partial charge on any atom is 0.0454 e. The molecule has 1 aromatic carbocycles. The van der Waals surface area contributed by atoms with Crippen LogP contribution < -0.4 is 5.32 Å². The van der Waals surface area contributed by atoms with Crippen molar-refractivity contribution in [2.75, 3.05) is 6.54 Å². The fourth-order valence-electron chi connectivity index (χ4n) is 1.34. The van der Waals surface area contributed by atoms with Gasteiger partial charge in [0.25, 0.3) is 0 Å². The monoisotopic (exact) mass is 201 g/mol. The molecule has 1 fully saturated rings. The molecule has 0 saturated carbocycles. The number of hydrogen-bond acceptors (Lipinski definition) is 1. The first-order valence-corrected chi connectivity index (χ1v) is 4.71. The fraction of sp³-hybridized carbons (Fsp3) is 0.333. The van der Waals surface area contributed by atoms with E-state index in [1.165, 1.54) is 0 Å². The lowest BCUT2D eigenvalue weighted by atomic mass is 9.98. The van der Waals surface area contributed by atoms with Gasteiger partial charge in [0.1, 0.15) is 0 Å². The summed E-state index contributed by atoms with van der Waals surface area (Å²) in [7, 11) is 0. The number of benzene rings is 1. The van der Waals surface area contributed by atoms with Gasteiger partial charge in [0.2, 0.25) is 0 Å². The largest absolute Gasteiger partial charge is 0.310 e. The molecule has 0 bridgehead atoms. The minimum atomic E-state index is 0.413. The van der Waals surface area contributed by atoms with Gasteiger partial charge in [0.15, 0.2) is 0 Å². The Hall–Kier alpha value is -0.240. The van der Waals surface area contributed by atoms with Crippen molar-refractivity contribution in [2.45, 2.75) is 12.5 Å². The molecule has 2 rings (SSSR count). The van der Waals surface area contributed by atoms with E-state index >= 15 is 0 Å². The molecule has 1 saturated heterocycles. The van der Waals surface area contributed by atoms with Crippen LogP contribution in [0.3, 0.4) is 0 Å². The summed E-state index contributed by atoms with van der Waals surface area (Å²) in [6.07, 6.45) is 1.15. The highest BCUT2D eigenvalue weighted by molar-refractivity contribution is 6.33. The third kappa shape index (κ3) is 1.45. The van der Waals surface area contributed by atoms with Crippen molar-refractivity contribution in [3.63, 3.8) is 0 Å². The first kappa shape index (κ1) is 8.36. The zero-order chi connectivity index (χ0) is 8.55. The predicted molar refractivity (Wildman–Crippen MR) is 51.8 cm³/mol. The van der Waals surface area contributed by atoms with Gasteiger partial charge in [0, 0.05) is 16.1 Å². The number of nitrogens with one attached hydrogen (secondary N) is 1. The minimum Gasteiger partial charge on any atom is -0.310 e. The summed E-state index contributed by atoms with van der Waals surface area (Å²) >= 11 is 11.9. The van der Waals surface area contributed by atoms with E-state index in [-0.39, 0.29) is 0 Å². The molecule has 12 heavy (non-hydrogen) atoms. The average Bonchev–Trinajstić information content (AvgIpc) is 1.93. The second-order valence-electron chi connectivity index (χ2n) is 2.96. The van der Waals surface area contributed by atoms with Crippen LogP contribution in [0, 0.1) is 0 Å². The van der Waals surface area contributed by atoms with Gasteiger partial charge in [-0.3, -0.25) is 0 Å². The summed E-state index contributed by atoms with van der Waals surface area (Å²) < 4.78 is 0. The summed E-state index contributed by atoms with van der Waals surface area (Å²) in [4.78, 5) is 0. The van der Waals surface area contributed by atoms with Crippen LogP contribution in [-0.4, -0.2) is 6.54 Å². The summed E-state index contributed by atoms with van der Waals surface area (Å²) in [5, 5.41) is 4.84. The van der Waals surface area contributed by atoms with Crippen molar-refractivity contribution in [3.05, 3.63) is 33.8 Å². The second-order valence-corrected chi connectivity index (χ2v) is 3.80. The van der Waals surface area contributed by atoms with Crippen molar-refractivity contribution in [3.8, 4) is 0 Å². The maximum absolute atomic E-state index is 6.01. The van der Waals surface area contributed by atoms with Gasteiger partial charge in [0.05, 0.1) is 0 Å². The Morgan fingerprint density at radius 3 is 2.67 bits per heavy atom. The first-order chi connectivity index (χ1) is 5.77. The second kappa shape index (κ2) is 3.25. The molecular weight excluding hydrogens is 193 g/mol. The normalized spacial score (nSPS) is 22.0. The molecule has 0 unspecified atom stereocenters. The molecule has 1 atom stereocenters. The molecule has 1 heterocycles. The van der Waals surface area contributed by atoms with Gasteiger partial charge in [-0.25, -0.2) is 0 Å². The van der Waals surface area contributed by atoms with Crippen LogP contribution in [0.4, 0.5) is 0 Å².